The van der Waals surface area contributed by atoms with E-state index in [2.05, 4.69) is 17.1 Å². The largest absolute Gasteiger partial charge is 0.356 e. The van der Waals surface area contributed by atoms with Gasteiger partial charge in [0.1, 0.15) is 0 Å². The number of piperidine rings is 1. The molecule has 0 spiro atoms. The van der Waals surface area contributed by atoms with Crippen LogP contribution in [0.5, 0.6) is 0 Å². The molecule has 1 aliphatic heterocycles. The molecule has 0 aromatic heterocycles. The number of carbonyl (C=O) groups is 1. The van der Waals surface area contributed by atoms with E-state index in [0.29, 0.717) is 0 Å². The van der Waals surface area contributed by atoms with Crippen LogP contribution in [0.1, 0.15) is 39.5 Å². The number of nitrogens with zero attached hydrogens (tertiary/aromatic N) is 1. The Hall–Kier alpha value is -0.570. The van der Waals surface area contributed by atoms with Crippen LogP contribution < -0.4 is 5.32 Å². The zero-order valence-electron chi connectivity index (χ0n) is 10.1. The minimum Gasteiger partial charge on any atom is -0.356 e. The molecule has 0 bridgehead atoms. The van der Waals surface area contributed by atoms with Gasteiger partial charge in [-0.15, -0.1) is 0 Å². The van der Waals surface area contributed by atoms with Gasteiger partial charge in [-0.1, -0.05) is 13.3 Å². The molecule has 1 N–H and O–H groups in total. The maximum Gasteiger partial charge on any atom is 0.224 e. The number of likely N-dealkylation sites (tertiary alicyclic amines) is 1. The number of rotatable bonds is 5. The molecule has 3 nitrogen and oxygen atoms in total. The number of nitrogens with one attached hydrogen (secondary N) is 1. The molecule has 88 valence electrons. The van der Waals surface area contributed by atoms with E-state index in [0.717, 1.165) is 26.1 Å². The second kappa shape index (κ2) is 6.83. The van der Waals surface area contributed by atoms with Crippen molar-refractivity contribution in [3.05, 3.63) is 0 Å². The Morgan fingerprint density at radius 1 is 1.47 bits per heavy atom. The van der Waals surface area contributed by atoms with E-state index in [1.807, 2.05) is 6.92 Å². The van der Waals surface area contributed by atoms with Crippen molar-refractivity contribution in [3.63, 3.8) is 0 Å². The van der Waals surface area contributed by atoms with E-state index in [9.17, 15) is 4.79 Å². The third-order valence-electron chi connectivity index (χ3n) is 3.06. The molecule has 1 aliphatic rings. The lowest BCUT2D eigenvalue weighted by molar-refractivity contribution is -0.126. The standard InChI is InChI=1S/C12H24N2O/c1-3-5-8-14-9-6-7-11(10-14)12(15)13-4-2/h11H,3-10H2,1-2H3,(H,13,15). The van der Waals surface area contributed by atoms with Gasteiger partial charge >= 0.3 is 0 Å². The molecule has 3 heteroatoms. The monoisotopic (exact) mass is 212 g/mol. The van der Waals surface area contributed by atoms with Crippen molar-refractivity contribution in [2.24, 2.45) is 5.92 Å². The van der Waals surface area contributed by atoms with E-state index >= 15 is 0 Å². The first-order chi connectivity index (χ1) is 7.27. The summed E-state index contributed by atoms with van der Waals surface area (Å²) >= 11 is 0. The van der Waals surface area contributed by atoms with Crippen molar-refractivity contribution >= 4 is 5.91 Å². The Morgan fingerprint density at radius 3 is 2.93 bits per heavy atom. The molecular weight excluding hydrogens is 188 g/mol. The van der Waals surface area contributed by atoms with Crippen LogP contribution in [0, 0.1) is 5.92 Å². The van der Waals surface area contributed by atoms with Gasteiger partial charge in [0.25, 0.3) is 0 Å². The van der Waals surface area contributed by atoms with E-state index in [4.69, 9.17) is 0 Å². The molecule has 0 aromatic carbocycles. The summed E-state index contributed by atoms with van der Waals surface area (Å²) in [7, 11) is 0. The lowest BCUT2D eigenvalue weighted by Gasteiger charge is -2.31. The van der Waals surface area contributed by atoms with Crippen LogP contribution in [0.2, 0.25) is 0 Å². The zero-order valence-corrected chi connectivity index (χ0v) is 10.1. The molecule has 0 aromatic rings. The fourth-order valence-electron chi connectivity index (χ4n) is 2.17. The lowest BCUT2D eigenvalue weighted by atomic mass is 9.97. The molecule has 1 fully saturated rings. The topological polar surface area (TPSA) is 32.3 Å². The minimum absolute atomic E-state index is 0.232. The molecule has 1 unspecified atom stereocenters. The molecule has 0 saturated carbocycles. The molecule has 1 rings (SSSR count). The van der Waals surface area contributed by atoms with Crippen LogP contribution in [0.15, 0.2) is 0 Å². The summed E-state index contributed by atoms with van der Waals surface area (Å²) in [5.74, 6) is 0.481. The normalized spacial score (nSPS) is 22.7. The highest BCUT2D eigenvalue weighted by atomic mass is 16.1. The molecule has 0 radical (unpaired) electrons. The van der Waals surface area contributed by atoms with Crippen molar-refractivity contribution in [2.75, 3.05) is 26.2 Å². The molecule has 1 saturated heterocycles. The lowest BCUT2D eigenvalue weighted by Crippen LogP contribution is -2.43. The first-order valence-electron chi connectivity index (χ1n) is 6.28. The molecule has 15 heavy (non-hydrogen) atoms. The van der Waals surface area contributed by atoms with Crippen molar-refractivity contribution in [1.82, 2.24) is 10.2 Å². The Balaban J connectivity index is 2.31. The number of hydrogen-bond donors (Lipinski definition) is 1. The first kappa shape index (κ1) is 12.5. The predicted octanol–water partition coefficient (Wildman–Crippen LogP) is 1.63. The number of amides is 1. The molecule has 1 atom stereocenters. The summed E-state index contributed by atoms with van der Waals surface area (Å²) in [6, 6.07) is 0. The quantitative estimate of drug-likeness (QED) is 0.751. The summed E-state index contributed by atoms with van der Waals surface area (Å²) in [4.78, 5) is 14.1. The minimum atomic E-state index is 0.232. The van der Waals surface area contributed by atoms with Crippen LogP contribution in [-0.4, -0.2) is 37.0 Å². The van der Waals surface area contributed by atoms with Crippen molar-refractivity contribution in [2.45, 2.75) is 39.5 Å². The maximum absolute atomic E-state index is 11.7. The average Bonchev–Trinajstić information content (AvgIpc) is 2.27. The molecular formula is C12H24N2O. The second-order valence-corrected chi connectivity index (χ2v) is 4.39. The van der Waals surface area contributed by atoms with Gasteiger partial charge in [-0.2, -0.15) is 0 Å². The Labute approximate surface area is 93.2 Å². The highest BCUT2D eigenvalue weighted by molar-refractivity contribution is 5.78. The predicted molar refractivity (Wildman–Crippen MR) is 62.8 cm³/mol. The van der Waals surface area contributed by atoms with Crippen LogP contribution in [0.3, 0.4) is 0 Å². The Kier molecular flexibility index (Phi) is 5.69. The summed E-state index contributed by atoms with van der Waals surface area (Å²) in [6.07, 6.45) is 4.73. The van der Waals surface area contributed by atoms with Crippen molar-refractivity contribution in [3.8, 4) is 0 Å². The van der Waals surface area contributed by atoms with E-state index < -0.39 is 0 Å². The second-order valence-electron chi connectivity index (χ2n) is 4.39. The van der Waals surface area contributed by atoms with Gasteiger partial charge in [-0.25, -0.2) is 0 Å². The van der Waals surface area contributed by atoms with E-state index in [1.54, 1.807) is 0 Å². The number of hydrogen-bond acceptors (Lipinski definition) is 2. The third kappa shape index (κ3) is 4.20. The van der Waals surface area contributed by atoms with Gasteiger partial charge in [0.05, 0.1) is 5.92 Å². The fourth-order valence-corrected chi connectivity index (χ4v) is 2.17. The number of carbonyl (C=O) groups excluding carboxylic acids is 1. The van der Waals surface area contributed by atoms with E-state index in [1.165, 1.54) is 25.8 Å². The maximum atomic E-state index is 11.7. The third-order valence-corrected chi connectivity index (χ3v) is 3.06. The summed E-state index contributed by atoms with van der Waals surface area (Å²) < 4.78 is 0. The van der Waals surface area contributed by atoms with Gasteiger partial charge in [-0.05, 0) is 39.3 Å². The van der Waals surface area contributed by atoms with E-state index in [-0.39, 0.29) is 11.8 Å². The first-order valence-corrected chi connectivity index (χ1v) is 6.28. The van der Waals surface area contributed by atoms with Crippen molar-refractivity contribution < 1.29 is 4.79 Å². The van der Waals surface area contributed by atoms with Crippen LogP contribution in [-0.2, 0) is 4.79 Å². The van der Waals surface area contributed by atoms with Gasteiger partial charge < -0.3 is 10.2 Å². The molecule has 1 amide bonds. The van der Waals surface area contributed by atoms with Gasteiger partial charge in [0.2, 0.25) is 5.91 Å². The highest BCUT2D eigenvalue weighted by Gasteiger charge is 2.24. The Bertz CT molecular complexity index is 194. The van der Waals surface area contributed by atoms with Crippen LogP contribution >= 0.6 is 0 Å². The summed E-state index contributed by atoms with van der Waals surface area (Å²) in [6.45, 7) is 8.25. The van der Waals surface area contributed by atoms with Gasteiger partial charge in [-0.3, -0.25) is 4.79 Å². The molecule has 0 aliphatic carbocycles. The summed E-state index contributed by atoms with van der Waals surface area (Å²) in [5.41, 5.74) is 0. The SMILES string of the molecule is CCCCN1CCCC(C(=O)NCC)C1. The van der Waals surface area contributed by atoms with Gasteiger partial charge in [0.15, 0.2) is 0 Å². The fraction of sp³-hybridized carbons (Fsp3) is 0.917. The number of unbranched alkanes of at least 4 members (excludes halogenated alkanes) is 1. The van der Waals surface area contributed by atoms with Gasteiger partial charge in [0, 0.05) is 13.1 Å². The Morgan fingerprint density at radius 2 is 2.27 bits per heavy atom. The van der Waals surface area contributed by atoms with Crippen LogP contribution in [0.25, 0.3) is 0 Å². The average molecular weight is 212 g/mol. The molecule has 1 heterocycles. The van der Waals surface area contributed by atoms with Crippen molar-refractivity contribution in [1.29, 1.82) is 0 Å². The smallest absolute Gasteiger partial charge is 0.224 e. The highest BCUT2D eigenvalue weighted by Crippen LogP contribution is 2.16. The van der Waals surface area contributed by atoms with Crippen LogP contribution in [0.4, 0.5) is 0 Å². The summed E-state index contributed by atoms with van der Waals surface area (Å²) in [5, 5.41) is 2.93. The zero-order chi connectivity index (χ0) is 11.1.